The summed E-state index contributed by atoms with van der Waals surface area (Å²) in [4.78, 5) is 19.6. The van der Waals surface area contributed by atoms with E-state index in [1.54, 1.807) is 17.5 Å². The third-order valence-electron chi connectivity index (χ3n) is 2.64. The lowest BCUT2D eigenvalue weighted by Gasteiger charge is -2.14. The lowest BCUT2D eigenvalue weighted by molar-refractivity contribution is 0.0788. The van der Waals surface area contributed by atoms with Crippen molar-refractivity contribution in [3.8, 4) is 11.8 Å². The monoisotopic (exact) mass is 306 g/mol. The number of hydrogen-bond acceptors (Lipinski definition) is 5. The molecule has 0 saturated heterocycles. The molecular weight excluding hydrogens is 292 g/mol. The van der Waals surface area contributed by atoms with Gasteiger partial charge in [-0.1, -0.05) is 11.8 Å². The van der Waals surface area contributed by atoms with Crippen LogP contribution in [0.4, 0.5) is 0 Å². The molecule has 0 bridgehead atoms. The van der Waals surface area contributed by atoms with Crippen LogP contribution in [-0.4, -0.2) is 34.6 Å². The van der Waals surface area contributed by atoms with Crippen LogP contribution in [0.15, 0.2) is 17.0 Å². The molecule has 6 heteroatoms. The van der Waals surface area contributed by atoms with Crippen LogP contribution in [0.5, 0.6) is 0 Å². The highest BCUT2D eigenvalue weighted by Crippen LogP contribution is 2.22. The number of rotatable bonds is 3. The first-order chi connectivity index (χ1) is 9.61. The molecule has 104 valence electrons. The van der Waals surface area contributed by atoms with Crippen molar-refractivity contribution in [3.05, 3.63) is 38.0 Å². The Balaban J connectivity index is 2.12. The molecule has 0 aliphatic carbocycles. The molecule has 0 unspecified atom stereocenters. The predicted octanol–water partition coefficient (Wildman–Crippen LogP) is 2.13. The number of aliphatic hydroxyl groups excluding tert-OH is 1. The van der Waals surface area contributed by atoms with E-state index in [9.17, 15) is 4.79 Å². The second-order valence-electron chi connectivity index (χ2n) is 4.22. The van der Waals surface area contributed by atoms with E-state index in [2.05, 4.69) is 16.8 Å². The van der Waals surface area contributed by atoms with Gasteiger partial charge in [0.1, 0.15) is 6.61 Å². The van der Waals surface area contributed by atoms with E-state index in [-0.39, 0.29) is 12.5 Å². The maximum Gasteiger partial charge on any atom is 0.264 e. The van der Waals surface area contributed by atoms with E-state index in [1.807, 2.05) is 18.4 Å². The van der Waals surface area contributed by atoms with Crippen molar-refractivity contribution in [3.63, 3.8) is 0 Å². The van der Waals surface area contributed by atoms with E-state index >= 15 is 0 Å². The molecule has 0 saturated carbocycles. The van der Waals surface area contributed by atoms with Gasteiger partial charge >= 0.3 is 0 Å². The molecule has 0 aliphatic heterocycles. The van der Waals surface area contributed by atoms with Crippen LogP contribution < -0.4 is 0 Å². The molecule has 2 heterocycles. The zero-order valence-electron chi connectivity index (χ0n) is 11.2. The first kappa shape index (κ1) is 14.7. The number of amides is 1. The van der Waals surface area contributed by atoms with E-state index in [0.717, 1.165) is 16.1 Å². The predicted molar refractivity (Wildman–Crippen MR) is 80.9 cm³/mol. The van der Waals surface area contributed by atoms with Crippen molar-refractivity contribution in [2.24, 2.45) is 0 Å². The largest absolute Gasteiger partial charge is 0.384 e. The van der Waals surface area contributed by atoms with E-state index in [0.29, 0.717) is 11.4 Å². The summed E-state index contributed by atoms with van der Waals surface area (Å²) in [6.07, 6.45) is 0. The summed E-state index contributed by atoms with van der Waals surface area (Å²) >= 11 is 2.87. The molecule has 1 amide bonds. The Hall–Kier alpha value is -1.68. The molecule has 20 heavy (non-hydrogen) atoms. The highest BCUT2D eigenvalue weighted by molar-refractivity contribution is 7.14. The van der Waals surface area contributed by atoms with Gasteiger partial charge in [-0.3, -0.25) is 4.79 Å². The molecule has 0 fully saturated rings. The lowest BCUT2D eigenvalue weighted by atomic mass is 10.2. The standard InChI is InChI=1S/C14H14N2O2S2/c1-10-6-13(20-12(10)4-3-5-17)14(18)16(2)7-11-8-19-9-15-11/h6,8-9,17H,5,7H2,1-2H3. The van der Waals surface area contributed by atoms with Crippen LogP contribution in [0.3, 0.4) is 0 Å². The molecule has 1 N–H and O–H groups in total. The summed E-state index contributed by atoms with van der Waals surface area (Å²) in [5.41, 5.74) is 3.60. The Morgan fingerprint density at radius 3 is 3.00 bits per heavy atom. The number of hydrogen-bond donors (Lipinski definition) is 1. The molecular formula is C14H14N2O2S2. The Morgan fingerprint density at radius 2 is 2.35 bits per heavy atom. The molecule has 2 rings (SSSR count). The third kappa shape index (κ3) is 3.45. The van der Waals surface area contributed by atoms with Crippen LogP contribution in [0.2, 0.25) is 0 Å². The molecule has 0 radical (unpaired) electrons. The van der Waals surface area contributed by atoms with Gasteiger partial charge < -0.3 is 10.0 Å². The summed E-state index contributed by atoms with van der Waals surface area (Å²) in [7, 11) is 1.76. The number of carbonyl (C=O) groups is 1. The highest BCUT2D eigenvalue weighted by Gasteiger charge is 2.16. The zero-order valence-corrected chi connectivity index (χ0v) is 12.8. The van der Waals surface area contributed by atoms with Crippen LogP contribution in [-0.2, 0) is 6.54 Å². The molecule has 4 nitrogen and oxygen atoms in total. The quantitative estimate of drug-likeness (QED) is 0.884. The Labute approximate surface area is 125 Å². The lowest BCUT2D eigenvalue weighted by Crippen LogP contribution is -2.25. The molecule has 0 aliphatic rings. The van der Waals surface area contributed by atoms with Crippen LogP contribution in [0.25, 0.3) is 0 Å². The summed E-state index contributed by atoms with van der Waals surface area (Å²) in [6.45, 7) is 2.23. The van der Waals surface area contributed by atoms with E-state index in [1.165, 1.54) is 22.7 Å². The summed E-state index contributed by atoms with van der Waals surface area (Å²) in [6, 6.07) is 1.84. The molecule has 0 spiro atoms. The maximum atomic E-state index is 12.3. The van der Waals surface area contributed by atoms with Gasteiger partial charge in [0.25, 0.3) is 5.91 Å². The van der Waals surface area contributed by atoms with Gasteiger partial charge in [0.2, 0.25) is 0 Å². The topological polar surface area (TPSA) is 53.4 Å². The fraction of sp³-hybridized carbons (Fsp3) is 0.286. The van der Waals surface area contributed by atoms with Crippen molar-refractivity contribution in [2.45, 2.75) is 13.5 Å². The number of nitrogens with zero attached hydrogens (tertiary/aromatic N) is 2. The van der Waals surface area contributed by atoms with Crippen molar-refractivity contribution >= 4 is 28.6 Å². The van der Waals surface area contributed by atoms with Crippen LogP contribution >= 0.6 is 22.7 Å². The molecule has 2 aromatic heterocycles. The van der Waals surface area contributed by atoms with Gasteiger partial charge in [0, 0.05) is 12.4 Å². The van der Waals surface area contributed by atoms with Gasteiger partial charge in [-0.05, 0) is 18.6 Å². The molecule has 2 aromatic rings. The minimum Gasteiger partial charge on any atom is -0.384 e. The minimum absolute atomic E-state index is 0.0388. The maximum absolute atomic E-state index is 12.3. The third-order valence-corrected chi connectivity index (χ3v) is 4.41. The highest BCUT2D eigenvalue weighted by atomic mass is 32.1. The smallest absolute Gasteiger partial charge is 0.264 e. The first-order valence-electron chi connectivity index (χ1n) is 5.94. The Morgan fingerprint density at radius 1 is 1.55 bits per heavy atom. The average Bonchev–Trinajstić information content (AvgIpc) is 3.05. The summed E-state index contributed by atoms with van der Waals surface area (Å²) < 4.78 is 0. The number of aliphatic hydroxyl groups is 1. The number of carbonyl (C=O) groups excluding carboxylic acids is 1. The number of thiophene rings is 1. The zero-order chi connectivity index (χ0) is 14.5. The summed E-state index contributed by atoms with van der Waals surface area (Å²) in [5.74, 6) is 5.43. The van der Waals surface area contributed by atoms with Crippen molar-refractivity contribution in [1.82, 2.24) is 9.88 Å². The fourth-order valence-corrected chi connectivity index (χ4v) is 3.24. The second-order valence-corrected chi connectivity index (χ2v) is 5.99. The number of thiazole rings is 1. The average molecular weight is 306 g/mol. The van der Waals surface area contributed by atoms with Gasteiger partial charge in [-0.25, -0.2) is 4.98 Å². The SMILES string of the molecule is Cc1cc(C(=O)N(C)Cc2cscn2)sc1C#CCO. The Bertz CT molecular complexity index is 651. The summed E-state index contributed by atoms with van der Waals surface area (Å²) in [5, 5.41) is 10.6. The van der Waals surface area contributed by atoms with Gasteiger partial charge in [0.15, 0.2) is 0 Å². The minimum atomic E-state index is -0.176. The van der Waals surface area contributed by atoms with Crippen molar-refractivity contribution in [2.75, 3.05) is 13.7 Å². The number of aryl methyl sites for hydroxylation is 1. The Kier molecular flexibility index (Phi) is 4.90. The van der Waals surface area contributed by atoms with Crippen molar-refractivity contribution < 1.29 is 9.90 Å². The van der Waals surface area contributed by atoms with Crippen LogP contribution in [0.1, 0.15) is 25.8 Å². The fourth-order valence-electron chi connectivity index (χ4n) is 1.65. The van der Waals surface area contributed by atoms with Gasteiger partial charge in [0.05, 0.1) is 27.5 Å². The molecule has 0 aromatic carbocycles. The second kappa shape index (κ2) is 6.66. The van der Waals surface area contributed by atoms with Gasteiger partial charge in [-0.2, -0.15) is 0 Å². The normalized spacial score (nSPS) is 9.95. The first-order valence-corrected chi connectivity index (χ1v) is 7.70. The van der Waals surface area contributed by atoms with E-state index in [4.69, 9.17) is 5.11 Å². The van der Waals surface area contributed by atoms with Crippen LogP contribution in [0, 0.1) is 18.8 Å². The van der Waals surface area contributed by atoms with E-state index < -0.39 is 0 Å². The molecule has 0 atom stereocenters. The van der Waals surface area contributed by atoms with Gasteiger partial charge in [-0.15, -0.1) is 22.7 Å². The van der Waals surface area contributed by atoms with Crippen molar-refractivity contribution in [1.29, 1.82) is 0 Å². The number of aromatic nitrogens is 1.